The highest BCUT2D eigenvalue weighted by Gasteiger charge is 2.12. The minimum absolute atomic E-state index is 0.850. The molecule has 0 N–H and O–H groups in total. The smallest absolute Gasteiger partial charge is 0.0830 e. The molecule has 1 aliphatic rings. The third kappa shape index (κ3) is 4.12. The Kier molecular flexibility index (Phi) is 4.71. The van der Waals surface area contributed by atoms with Crippen molar-refractivity contribution in [3.8, 4) is 0 Å². The van der Waals surface area contributed by atoms with Crippen LogP contribution in [0.1, 0.15) is 11.4 Å². The van der Waals surface area contributed by atoms with Gasteiger partial charge in [-0.2, -0.15) is 10.2 Å². The van der Waals surface area contributed by atoms with E-state index < -0.39 is 0 Å². The third-order valence-corrected chi connectivity index (χ3v) is 3.31. The van der Waals surface area contributed by atoms with Crippen LogP contribution in [0.15, 0.2) is 59.0 Å². The van der Waals surface area contributed by atoms with Crippen LogP contribution in [0.4, 0.5) is 0 Å². The van der Waals surface area contributed by atoms with Crippen molar-refractivity contribution in [2.75, 3.05) is 26.2 Å². The third-order valence-electron chi connectivity index (χ3n) is 3.31. The summed E-state index contributed by atoms with van der Waals surface area (Å²) in [5.41, 5.74) is 1.75. The SMILES string of the molecule is C(=N/N1CCN(/N=C/c2ccccn2)CC1)/c1ccccn1. The van der Waals surface area contributed by atoms with Gasteiger partial charge in [0.2, 0.25) is 0 Å². The molecule has 3 rings (SSSR count). The van der Waals surface area contributed by atoms with Crippen LogP contribution in [0, 0.1) is 0 Å². The van der Waals surface area contributed by atoms with Crippen LogP contribution < -0.4 is 0 Å². The van der Waals surface area contributed by atoms with Crippen molar-refractivity contribution in [3.05, 3.63) is 60.2 Å². The molecule has 3 heterocycles. The number of aromatic nitrogens is 2. The Balaban J connectivity index is 1.48. The fourth-order valence-electron chi connectivity index (χ4n) is 2.10. The molecule has 0 aromatic carbocycles. The van der Waals surface area contributed by atoms with Gasteiger partial charge < -0.3 is 0 Å². The predicted octanol–water partition coefficient (Wildman–Crippen LogP) is 1.46. The van der Waals surface area contributed by atoms with Gasteiger partial charge in [0.15, 0.2) is 0 Å². The first-order chi connectivity index (χ1) is 10.9. The van der Waals surface area contributed by atoms with Crippen LogP contribution >= 0.6 is 0 Å². The minimum atomic E-state index is 0.850. The summed E-state index contributed by atoms with van der Waals surface area (Å²) in [6.07, 6.45) is 7.14. The van der Waals surface area contributed by atoms with Crippen molar-refractivity contribution in [3.63, 3.8) is 0 Å². The first-order valence-electron chi connectivity index (χ1n) is 7.30. The number of pyridine rings is 2. The maximum absolute atomic E-state index is 4.46. The lowest BCUT2D eigenvalue weighted by molar-refractivity contribution is 0.141. The van der Waals surface area contributed by atoms with Gasteiger partial charge in [-0.25, -0.2) is 0 Å². The molecule has 0 amide bonds. The van der Waals surface area contributed by atoms with Gasteiger partial charge in [-0.15, -0.1) is 0 Å². The summed E-state index contributed by atoms with van der Waals surface area (Å²) >= 11 is 0. The molecule has 0 bridgehead atoms. The Morgan fingerprint density at radius 3 is 1.55 bits per heavy atom. The van der Waals surface area contributed by atoms with Crippen LogP contribution in [-0.4, -0.2) is 58.6 Å². The van der Waals surface area contributed by atoms with Crippen LogP contribution in [0.2, 0.25) is 0 Å². The van der Waals surface area contributed by atoms with Crippen LogP contribution in [0.3, 0.4) is 0 Å². The van der Waals surface area contributed by atoms with Crippen LogP contribution in [0.5, 0.6) is 0 Å². The molecule has 6 nitrogen and oxygen atoms in total. The van der Waals surface area contributed by atoms with Gasteiger partial charge >= 0.3 is 0 Å². The molecule has 0 saturated carbocycles. The summed E-state index contributed by atoms with van der Waals surface area (Å²) in [5.74, 6) is 0. The predicted molar refractivity (Wildman–Crippen MR) is 86.8 cm³/mol. The second-order valence-electron chi connectivity index (χ2n) is 4.91. The van der Waals surface area contributed by atoms with Gasteiger partial charge in [0, 0.05) is 12.4 Å². The normalized spacial score (nSPS) is 15.8. The second-order valence-corrected chi connectivity index (χ2v) is 4.91. The molecule has 1 saturated heterocycles. The van der Waals surface area contributed by atoms with Gasteiger partial charge in [-0.05, 0) is 24.3 Å². The Bertz CT molecular complexity index is 560. The van der Waals surface area contributed by atoms with Gasteiger partial charge in [-0.3, -0.25) is 20.0 Å². The highest BCUT2D eigenvalue weighted by molar-refractivity contribution is 5.76. The molecule has 0 spiro atoms. The maximum Gasteiger partial charge on any atom is 0.0830 e. The van der Waals surface area contributed by atoms with E-state index in [0.717, 1.165) is 37.6 Å². The average molecular weight is 294 g/mol. The maximum atomic E-state index is 4.46. The quantitative estimate of drug-likeness (QED) is 0.801. The van der Waals surface area contributed by atoms with Crippen molar-refractivity contribution in [1.82, 2.24) is 20.0 Å². The molecule has 2 aromatic heterocycles. The zero-order valence-corrected chi connectivity index (χ0v) is 12.3. The largest absolute Gasteiger partial charge is 0.293 e. The van der Waals surface area contributed by atoms with Crippen molar-refractivity contribution in [2.24, 2.45) is 10.2 Å². The fourth-order valence-corrected chi connectivity index (χ4v) is 2.10. The number of rotatable bonds is 4. The molecule has 6 heteroatoms. The van der Waals surface area contributed by atoms with E-state index in [4.69, 9.17) is 0 Å². The summed E-state index contributed by atoms with van der Waals surface area (Å²) in [6.45, 7) is 3.40. The molecule has 2 aromatic rings. The van der Waals surface area contributed by atoms with Crippen molar-refractivity contribution in [1.29, 1.82) is 0 Å². The molecular weight excluding hydrogens is 276 g/mol. The number of piperazine rings is 1. The molecule has 0 aliphatic carbocycles. The van der Waals surface area contributed by atoms with Gasteiger partial charge in [0.05, 0.1) is 50.0 Å². The monoisotopic (exact) mass is 294 g/mol. The van der Waals surface area contributed by atoms with E-state index in [1.165, 1.54) is 0 Å². The number of hydrogen-bond acceptors (Lipinski definition) is 6. The molecule has 0 radical (unpaired) electrons. The summed E-state index contributed by atoms with van der Waals surface area (Å²) < 4.78 is 0. The average Bonchev–Trinajstić information content (AvgIpc) is 2.61. The number of hydrazone groups is 2. The van der Waals surface area contributed by atoms with E-state index in [2.05, 4.69) is 20.2 Å². The second kappa shape index (κ2) is 7.31. The van der Waals surface area contributed by atoms with Crippen LogP contribution in [-0.2, 0) is 0 Å². The van der Waals surface area contributed by atoms with E-state index in [0.29, 0.717) is 0 Å². The lowest BCUT2D eigenvalue weighted by atomic mass is 10.4. The Hall–Kier alpha value is -2.76. The van der Waals surface area contributed by atoms with Crippen molar-refractivity contribution in [2.45, 2.75) is 0 Å². The van der Waals surface area contributed by atoms with E-state index in [9.17, 15) is 0 Å². The summed E-state index contributed by atoms with van der Waals surface area (Å²) in [4.78, 5) is 8.45. The molecule has 1 fully saturated rings. The Morgan fingerprint density at radius 2 is 1.18 bits per heavy atom. The molecule has 0 unspecified atom stereocenters. The highest BCUT2D eigenvalue weighted by Crippen LogP contribution is 2.03. The Morgan fingerprint density at radius 1 is 0.727 bits per heavy atom. The first-order valence-corrected chi connectivity index (χ1v) is 7.30. The lowest BCUT2D eigenvalue weighted by Gasteiger charge is -2.30. The van der Waals surface area contributed by atoms with Gasteiger partial charge in [0.1, 0.15) is 0 Å². The topological polar surface area (TPSA) is 57.0 Å². The summed E-state index contributed by atoms with van der Waals surface area (Å²) in [5, 5.41) is 13.0. The van der Waals surface area contributed by atoms with E-state index >= 15 is 0 Å². The van der Waals surface area contributed by atoms with E-state index in [1.54, 1.807) is 24.8 Å². The highest BCUT2D eigenvalue weighted by atomic mass is 15.5. The van der Waals surface area contributed by atoms with E-state index in [-0.39, 0.29) is 0 Å². The standard InChI is InChI=1S/C16H18N6/c1-3-7-17-15(5-1)13-19-21-9-11-22(12-10-21)20-14-16-6-2-4-8-18-16/h1-8,13-14H,9-12H2/b19-13-,20-14+. The van der Waals surface area contributed by atoms with Gasteiger partial charge in [0.25, 0.3) is 0 Å². The lowest BCUT2D eigenvalue weighted by Crippen LogP contribution is -2.41. The molecule has 1 aliphatic heterocycles. The van der Waals surface area contributed by atoms with E-state index in [1.807, 2.05) is 46.4 Å². The first kappa shape index (κ1) is 14.2. The zero-order valence-electron chi connectivity index (χ0n) is 12.3. The minimum Gasteiger partial charge on any atom is -0.293 e. The summed E-state index contributed by atoms with van der Waals surface area (Å²) in [6, 6.07) is 11.6. The molecule has 22 heavy (non-hydrogen) atoms. The van der Waals surface area contributed by atoms with Crippen LogP contribution in [0.25, 0.3) is 0 Å². The summed E-state index contributed by atoms with van der Waals surface area (Å²) in [7, 11) is 0. The molecular formula is C16H18N6. The molecule has 0 atom stereocenters. The number of hydrogen-bond donors (Lipinski definition) is 0. The molecule has 112 valence electrons. The Labute approximate surface area is 129 Å². The van der Waals surface area contributed by atoms with Gasteiger partial charge in [-0.1, -0.05) is 12.1 Å². The van der Waals surface area contributed by atoms with Crippen molar-refractivity contribution >= 4 is 12.4 Å². The van der Waals surface area contributed by atoms with Crippen molar-refractivity contribution < 1.29 is 0 Å². The zero-order chi connectivity index (χ0) is 15.0. The fraction of sp³-hybridized carbons (Fsp3) is 0.250. The number of nitrogens with zero attached hydrogens (tertiary/aromatic N) is 6.